The quantitative estimate of drug-likeness (QED) is 0.226. The molecule has 2 heterocycles. The average Bonchev–Trinajstić information content (AvgIpc) is 3.88. The molecule has 280 valence electrons. The molecule has 0 radical (unpaired) electrons. The molecule has 55 heavy (non-hydrogen) atoms. The highest BCUT2D eigenvalue weighted by atomic mass is 15.3. The van der Waals surface area contributed by atoms with E-state index in [4.69, 9.17) is 0 Å². The lowest BCUT2D eigenvalue weighted by Gasteiger charge is -2.67. The van der Waals surface area contributed by atoms with Gasteiger partial charge in [0.2, 0.25) is 0 Å². The van der Waals surface area contributed by atoms with Crippen LogP contribution in [0.4, 0.5) is 5.69 Å². The van der Waals surface area contributed by atoms with Gasteiger partial charge in [0.1, 0.15) is 0 Å². The molecule has 0 spiro atoms. The molecule has 9 aliphatic rings. The van der Waals surface area contributed by atoms with Crippen LogP contribution in [0.3, 0.4) is 0 Å². The van der Waals surface area contributed by atoms with Crippen molar-refractivity contribution in [3.63, 3.8) is 0 Å². The molecule has 0 amide bonds. The highest BCUT2D eigenvalue weighted by molar-refractivity contribution is 5.99. The maximum atomic E-state index is 3.05. The maximum Gasteiger partial charge on any atom is 0.0825 e. The van der Waals surface area contributed by atoms with Gasteiger partial charge in [0.15, 0.2) is 0 Å². The van der Waals surface area contributed by atoms with Gasteiger partial charge < -0.3 is 4.90 Å². The van der Waals surface area contributed by atoms with E-state index in [1.54, 1.807) is 22.3 Å². The van der Waals surface area contributed by atoms with Crippen LogP contribution in [0.15, 0.2) is 113 Å². The van der Waals surface area contributed by atoms with Gasteiger partial charge in [-0.15, -0.1) is 0 Å². The summed E-state index contributed by atoms with van der Waals surface area (Å²) in [5.74, 6) is 4.29. The van der Waals surface area contributed by atoms with Crippen LogP contribution in [0.2, 0.25) is 0 Å². The summed E-state index contributed by atoms with van der Waals surface area (Å²) < 4.78 is 0. The van der Waals surface area contributed by atoms with E-state index in [1.165, 1.54) is 95.2 Å². The number of benzene rings is 3. The first kappa shape index (κ1) is 33.3. The van der Waals surface area contributed by atoms with Crippen molar-refractivity contribution in [1.29, 1.82) is 0 Å². The van der Waals surface area contributed by atoms with Gasteiger partial charge in [0, 0.05) is 28.4 Å². The maximum absolute atomic E-state index is 3.05. The summed E-state index contributed by atoms with van der Waals surface area (Å²) in [5, 5.41) is 0. The molecule has 3 aromatic carbocycles. The van der Waals surface area contributed by atoms with E-state index < -0.39 is 0 Å². The zero-order valence-corrected chi connectivity index (χ0v) is 34.5. The largest absolute Gasteiger partial charge is 0.346 e. The number of hydrogen-bond donors (Lipinski definition) is 0. The van der Waals surface area contributed by atoms with Crippen molar-refractivity contribution in [2.24, 2.45) is 46.8 Å². The zero-order valence-electron chi connectivity index (χ0n) is 34.5. The van der Waals surface area contributed by atoms with Crippen LogP contribution in [0.25, 0.3) is 27.8 Å². The second-order valence-electron chi connectivity index (χ2n) is 20.8. The zero-order chi connectivity index (χ0) is 37.6. The van der Waals surface area contributed by atoms with Crippen molar-refractivity contribution >= 4 is 11.3 Å². The Hall–Kier alpha value is -3.84. The van der Waals surface area contributed by atoms with Crippen LogP contribution in [0.5, 0.6) is 0 Å². The van der Waals surface area contributed by atoms with Crippen LogP contribution in [-0.4, -0.2) is 11.1 Å². The molecule has 7 aliphatic carbocycles. The van der Waals surface area contributed by atoms with Crippen LogP contribution < -0.4 is 4.90 Å². The average molecular weight is 722 g/mol. The summed E-state index contributed by atoms with van der Waals surface area (Å²) in [6, 6.07) is 24.1. The molecule has 12 rings (SSSR count). The first-order valence-electron chi connectivity index (χ1n) is 22.2. The van der Waals surface area contributed by atoms with Crippen molar-refractivity contribution < 1.29 is 0 Å². The summed E-state index contributed by atoms with van der Waals surface area (Å²) in [7, 11) is 0. The van der Waals surface area contributed by atoms with Gasteiger partial charge in [-0.2, -0.15) is 0 Å². The first-order valence-corrected chi connectivity index (χ1v) is 22.2. The second-order valence-corrected chi connectivity index (χ2v) is 20.8. The lowest BCUT2D eigenvalue weighted by Crippen LogP contribution is -2.69. The van der Waals surface area contributed by atoms with Gasteiger partial charge in [0.25, 0.3) is 0 Å². The van der Waals surface area contributed by atoms with Crippen molar-refractivity contribution in [3.8, 4) is 22.3 Å². The number of fused-ring (bicyclic) bond motifs is 15. The van der Waals surface area contributed by atoms with E-state index in [0.29, 0.717) is 23.7 Å². The molecule has 1 nitrogen and oxygen atoms in total. The monoisotopic (exact) mass is 721 g/mol. The van der Waals surface area contributed by atoms with Gasteiger partial charge >= 0.3 is 0 Å². The first-order chi connectivity index (χ1) is 26.4. The fourth-order valence-electron chi connectivity index (χ4n) is 15.9. The standard InChI is InChI=1S/C54H59N/c1-30-24-40-32(3)49-47(30)31(2)25-45-39-17-13-19-43-50(39)53(7,23-22-52(43,6)44-27-33-20-21-34(44)26-33)55(54(45,49)8)35-28-41(37-15-10-9-14-36(37)40)48-38-16-11-12-18-42(38)51(4,5)46(48)29-35/h9-12,14-16,18,22-25,28-34,39,44H,13,17,19-21,26-27H2,1-8H3. The molecule has 10 unspecified atom stereocenters. The third-order valence-electron chi connectivity index (χ3n) is 17.9. The molecule has 0 N–H and O–H groups in total. The predicted molar refractivity (Wildman–Crippen MR) is 230 cm³/mol. The Balaban J connectivity index is 1.21. The molecule has 1 heteroatoms. The van der Waals surface area contributed by atoms with Crippen LogP contribution in [0.1, 0.15) is 117 Å². The van der Waals surface area contributed by atoms with Gasteiger partial charge in [-0.05, 0) is 155 Å². The van der Waals surface area contributed by atoms with E-state index in [1.807, 2.05) is 5.57 Å². The molecule has 6 bridgehead atoms. The van der Waals surface area contributed by atoms with Gasteiger partial charge in [-0.25, -0.2) is 0 Å². The molecular weight excluding hydrogens is 663 g/mol. The molecule has 1 saturated heterocycles. The number of anilines is 1. The Morgan fingerprint density at radius 1 is 0.691 bits per heavy atom. The van der Waals surface area contributed by atoms with Gasteiger partial charge in [0.05, 0.1) is 11.1 Å². The normalized spacial score (nSPS) is 39.3. The SMILES string of the molecule is CC1C=C2c3ccccc3-c3cc(cc4c3-c3ccccc3C4(C)C)N3C4(C)C=CC(C)(C5CC6CCC5C6)C5=C4C(CCC5)C4=CC(C)C1=C(C2C)C43C. The number of allylic oxidation sites excluding steroid dienone is 6. The highest BCUT2D eigenvalue weighted by Crippen LogP contribution is 2.69. The summed E-state index contributed by atoms with van der Waals surface area (Å²) >= 11 is 0. The Morgan fingerprint density at radius 2 is 1.44 bits per heavy atom. The minimum atomic E-state index is -0.252. The summed E-state index contributed by atoms with van der Waals surface area (Å²) in [5.41, 5.74) is 21.3. The van der Waals surface area contributed by atoms with Crippen LogP contribution >= 0.6 is 0 Å². The minimum Gasteiger partial charge on any atom is -0.346 e. The predicted octanol–water partition coefficient (Wildman–Crippen LogP) is 13.7. The van der Waals surface area contributed by atoms with Crippen LogP contribution in [-0.2, 0) is 5.41 Å². The van der Waals surface area contributed by atoms with Gasteiger partial charge in [-0.3, -0.25) is 0 Å². The van der Waals surface area contributed by atoms with E-state index in [2.05, 4.69) is 145 Å². The molecule has 10 atom stereocenters. The fourth-order valence-corrected chi connectivity index (χ4v) is 15.9. The highest BCUT2D eigenvalue weighted by Gasteiger charge is 2.64. The summed E-state index contributed by atoms with van der Waals surface area (Å²) in [6.45, 7) is 20.6. The Kier molecular flexibility index (Phi) is 6.39. The third kappa shape index (κ3) is 3.84. The molecular formula is C54H59N. The molecule has 3 aromatic rings. The lowest BCUT2D eigenvalue weighted by molar-refractivity contribution is 0.180. The van der Waals surface area contributed by atoms with E-state index in [-0.39, 0.29) is 21.9 Å². The Morgan fingerprint density at radius 3 is 2.20 bits per heavy atom. The van der Waals surface area contributed by atoms with E-state index >= 15 is 0 Å². The van der Waals surface area contributed by atoms with Crippen molar-refractivity contribution in [2.75, 3.05) is 4.90 Å². The van der Waals surface area contributed by atoms with Gasteiger partial charge in [-0.1, -0.05) is 132 Å². The lowest BCUT2D eigenvalue weighted by atomic mass is 9.49. The van der Waals surface area contributed by atoms with Crippen molar-refractivity contribution in [2.45, 2.75) is 117 Å². The molecule has 2 aliphatic heterocycles. The topological polar surface area (TPSA) is 3.24 Å². The smallest absolute Gasteiger partial charge is 0.0825 e. The van der Waals surface area contributed by atoms with Crippen LogP contribution in [0, 0.1) is 46.8 Å². The van der Waals surface area contributed by atoms with Crippen molar-refractivity contribution in [3.05, 3.63) is 130 Å². The molecule has 3 fully saturated rings. The van der Waals surface area contributed by atoms with E-state index in [0.717, 1.165) is 17.8 Å². The second kappa shape index (κ2) is 10.6. The van der Waals surface area contributed by atoms with E-state index in [9.17, 15) is 0 Å². The summed E-state index contributed by atoms with van der Waals surface area (Å²) in [6.07, 6.45) is 20.8. The molecule has 2 saturated carbocycles. The number of rotatable bonds is 1. The minimum absolute atomic E-state index is 0.102. The Bertz CT molecular complexity index is 2430. The summed E-state index contributed by atoms with van der Waals surface area (Å²) in [4.78, 5) is 3.05. The Labute approximate surface area is 330 Å². The number of nitrogens with zero attached hydrogens (tertiary/aromatic N) is 1. The third-order valence-corrected chi connectivity index (χ3v) is 17.9. The number of hydrogen-bond acceptors (Lipinski definition) is 1. The number of piperidine rings is 1. The molecule has 0 aromatic heterocycles. The van der Waals surface area contributed by atoms with Crippen molar-refractivity contribution in [1.82, 2.24) is 0 Å². The fraction of sp³-hybridized carbons (Fsp3) is 0.481.